The molecular weight excluding hydrogens is 327 g/mol. The van der Waals surface area contributed by atoms with Gasteiger partial charge in [0.2, 0.25) is 5.82 Å². The average molecular weight is 348 g/mol. The van der Waals surface area contributed by atoms with Gasteiger partial charge >= 0.3 is 5.69 Å². The smallest absolute Gasteiger partial charge is 0.333 e. The number of piperazine rings is 1. The molecule has 1 atom stereocenters. The molecule has 0 bridgehead atoms. The fraction of sp³-hybridized carbons (Fsp3) is 0.500. The monoisotopic (exact) mass is 348 g/mol. The van der Waals surface area contributed by atoms with Crippen molar-refractivity contribution in [2.24, 2.45) is 0 Å². The van der Waals surface area contributed by atoms with E-state index in [1.54, 1.807) is 23.9 Å². The van der Waals surface area contributed by atoms with Crippen LogP contribution in [0.2, 0.25) is 0 Å². The van der Waals surface area contributed by atoms with Crippen LogP contribution >= 0.6 is 0 Å². The molecule has 3 heterocycles. The minimum absolute atomic E-state index is 0.00855. The van der Waals surface area contributed by atoms with Gasteiger partial charge in [-0.05, 0) is 26.8 Å². The number of aryl methyl sites for hydroxylation is 2. The SMILES string of the molecule is CCn1nc(C)c([N+](=O)[O-])c1N1CCN(c2ccncc2F)C(C)C1. The van der Waals surface area contributed by atoms with E-state index in [-0.39, 0.29) is 22.5 Å². The van der Waals surface area contributed by atoms with E-state index in [9.17, 15) is 14.5 Å². The standard InChI is InChI=1S/C16H21FN6O2/c1-4-22-16(15(23(24)25)12(3)19-22)20-7-8-21(11(2)10-20)14-5-6-18-9-13(14)17/h5-6,9,11H,4,7-8,10H2,1-3H3. The van der Waals surface area contributed by atoms with Gasteiger partial charge in [0.15, 0.2) is 5.82 Å². The average Bonchev–Trinajstić information content (AvgIpc) is 2.92. The van der Waals surface area contributed by atoms with E-state index in [2.05, 4.69) is 10.1 Å². The predicted octanol–water partition coefficient (Wildman–Crippen LogP) is 2.37. The minimum atomic E-state index is -0.372. The third-order valence-electron chi connectivity index (χ3n) is 4.54. The molecule has 25 heavy (non-hydrogen) atoms. The number of nitrogens with zero attached hydrogens (tertiary/aromatic N) is 6. The molecule has 2 aromatic heterocycles. The highest BCUT2D eigenvalue weighted by Gasteiger charge is 2.34. The van der Waals surface area contributed by atoms with Gasteiger partial charge in [0.1, 0.15) is 5.69 Å². The summed E-state index contributed by atoms with van der Waals surface area (Å²) in [4.78, 5) is 18.8. The number of anilines is 2. The molecule has 2 aromatic rings. The van der Waals surface area contributed by atoms with Crippen LogP contribution in [0.25, 0.3) is 0 Å². The van der Waals surface area contributed by atoms with Crippen molar-refractivity contribution < 1.29 is 9.31 Å². The molecular formula is C16H21FN6O2. The van der Waals surface area contributed by atoms with E-state index in [0.717, 1.165) is 0 Å². The summed E-state index contributed by atoms with van der Waals surface area (Å²) >= 11 is 0. The van der Waals surface area contributed by atoms with Crippen LogP contribution in [0.3, 0.4) is 0 Å². The van der Waals surface area contributed by atoms with Gasteiger partial charge in [-0.15, -0.1) is 0 Å². The molecule has 1 aliphatic rings. The van der Waals surface area contributed by atoms with E-state index in [4.69, 9.17) is 0 Å². The van der Waals surface area contributed by atoms with Gasteiger partial charge in [0.05, 0.1) is 16.8 Å². The largest absolute Gasteiger partial charge is 0.363 e. The predicted molar refractivity (Wildman–Crippen MR) is 92.5 cm³/mol. The Kier molecular flexibility index (Phi) is 4.56. The number of halogens is 1. The lowest BCUT2D eigenvalue weighted by atomic mass is 10.1. The highest BCUT2D eigenvalue weighted by molar-refractivity contribution is 5.63. The second-order valence-corrected chi connectivity index (χ2v) is 6.15. The van der Waals surface area contributed by atoms with E-state index < -0.39 is 0 Å². The van der Waals surface area contributed by atoms with Crippen LogP contribution in [-0.2, 0) is 6.54 Å². The maximum atomic E-state index is 14.0. The molecule has 3 rings (SSSR count). The van der Waals surface area contributed by atoms with Crippen LogP contribution in [0, 0.1) is 22.9 Å². The number of pyridine rings is 1. The van der Waals surface area contributed by atoms with Crippen molar-refractivity contribution in [2.45, 2.75) is 33.4 Å². The summed E-state index contributed by atoms with van der Waals surface area (Å²) in [7, 11) is 0. The first-order valence-corrected chi connectivity index (χ1v) is 8.27. The van der Waals surface area contributed by atoms with Crippen molar-refractivity contribution in [1.82, 2.24) is 14.8 Å². The fourth-order valence-corrected chi connectivity index (χ4v) is 3.42. The van der Waals surface area contributed by atoms with Crippen LogP contribution in [0.15, 0.2) is 18.5 Å². The molecule has 0 amide bonds. The Hall–Kier alpha value is -2.71. The summed E-state index contributed by atoms with van der Waals surface area (Å²) in [6.45, 7) is 7.76. The van der Waals surface area contributed by atoms with Gasteiger partial charge in [-0.3, -0.25) is 15.1 Å². The Morgan fingerprint density at radius 1 is 1.44 bits per heavy atom. The summed E-state index contributed by atoms with van der Waals surface area (Å²) in [5.41, 5.74) is 0.978. The molecule has 0 saturated carbocycles. The molecule has 0 aliphatic carbocycles. The van der Waals surface area contributed by atoms with Gasteiger partial charge in [-0.2, -0.15) is 5.10 Å². The Labute approximate surface area is 145 Å². The lowest BCUT2D eigenvalue weighted by Gasteiger charge is -2.41. The van der Waals surface area contributed by atoms with Crippen molar-refractivity contribution >= 4 is 17.2 Å². The number of hydrogen-bond donors (Lipinski definition) is 0. The van der Waals surface area contributed by atoms with Crippen LogP contribution in [0.5, 0.6) is 0 Å². The third kappa shape index (κ3) is 3.01. The van der Waals surface area contributed by atoms with Gasteiger partial charge in [-0.1, -0.05) is 0 Å². The van der Waals surface area contributed by atoms with E-state index in [1.807, 2.05) is 23.6 Å². The first kappa shape index (κ1) is 17.1. The molecule has 1 aliphatic heterocycles. The van der Waals surface area contributed by atoms with Crippen molar-refractivity contribution in [3.63, 3.8) is 0 Å². The summed E-state index contributed by atoms with van der Waals surface area (Å²) in [5, 5.41) is 15.8. The molecule has 1 saturated heterocycles. The van der Waals surface area contributed by atoms with Crippen molar-refractivity contribution in [2.75, 3.05) is 29.4 Å². The molecule has 0 aromatic carbocycles. The van der Waals surface area contributed by atoms with Gasteiger partial charge in [0, 0.05) is 38.4 Å². The molecule has 134 valence electrons. The van der Waals surface area contributed by atoms with Gasteiger partial charge in [-0.25, -0.2) is 9.07 Å². The molecule has 8 nitrogen and oxygen atoms in total. The molecule has 1 fully saturated rings. The Morgan fingerprint density at radius 3 is 2.80 bits per heavy atom. The number of rotatable bonds is 4. The third-order valence-corrected chi connectivity index (χ3v) is 4.54. The van der Waals surface area contributed by atoms with Gasteiger partial charge in [0.25, 0.3) is 0 Å². The Balaban J connectivity index is 1.89. The normalized spacial score (nSPS) is 17.8. The maximum absolute atomic E-state index is 14.0. The minimum Gasteiger partial charge on any atom is -0.363 e. The molecule has 0 N–H and O–H groups in total. The second kappa shape index (κ2) is 6.66. The first-order valence-electron chi connectivity index (χ1n) is 8.27. The zero-order valence-electron chi connectivity index (χ0n) is 14.5. The van der Waals surface area contributed by atoms with Gasteiger partial charge < -0.3 is 9.80 Å². The van der Waals surface area contributed by atoms with Crippen molar-refractivity contribution in [3.05, 3.63) is 40.1 Å². The summed E-state index contributed by atoms with van der Waals surface area (Å²) in [6, 6.07) is 1.65. The number of nitro groups is 1. The molecule has 0 radical (unpaired) electrons. The van der Waals surface area contributed by atoms with E-state index in [0.29, 0.717) is 43.4 Å². The quantitative estimate of drug-likeness (QED) is 0.623. The van der Waals surface area contributed by atoms with Crippen LogP contribution in [-0.4, -0.2) is 45.4 Å². The fourth-order valence-electron chi connectivity index (χ4n) is 3.42. The van der Waals surface area contributed by atoms with Crippen molar-refractivity contribution in [3.8, 4) is 0 Å². The molecule has 0 spiro atoms. The first-order chi connectivity index (χ1) is 11.9. The summed E-state index contributed by atoms with van der Waals surface area (Å²) in [6.07, 6.45) is 2.77. The Bertz CT molecular complexity index is 793. The van der Waals surface area contributed by atoms with Crippen molar-refractivity contribution in [1.29, 1.82) is 0 Å². The maximum Gasteiger partial charge on any atom is 0.333 e. The van der Waals surface area contributed by atoms with E-state index >= 15 is 0 Å². The second-order valence-electron chi connectivity index (χ2n) is 6.15. The number of aromatic nitrogens is 3. The Morgan fingerprint density at radius 2 is 2.20 bits per heavy atom. The van der Waals surface area contributed by atoms with Crippen LogP contribution < -0.4 is 9.80 Å². The summed E-state index contributed by atoms with van der Waals surface area (Å²) < 4.78 is 15.7. The van der Waals surface area contributed by atoms with Crippen LogP contribution in [0.4, 0.5) is 21.6 Å². The lowest BCUT2D eigenvalue weighted by Crippen LogP contribution is -2.53. The molecule has 1 unspecified atom stereocenters. The highest BCUT2D eigenvalue weighted by Crippen LogP contribution is 2.34. The van der Waals surface area contributed by atoms with E-state index in [1.165, 1.54) is 6.20 Å². The lowest BCUT2D eigenvalue weighted by molar-refractivity contribution is -0.384. The zero-order valence-corrected chi connectivity index (χ0v) is 14.5. The number of hydrogen-bond acceptors (Lipinski definition) is 6. The topological polar surface area (TPSA) is 80.3 Å². The zero-order chi connectivity index (χ0) is 18.1. The highest BCUT2D eigenvalue weighted by atomic mass is 19.1. The summed E-state index contributed by atoms with van der Waals surface area (Å²) in [5.74, 6) is 0.176. The molecule has 9 heteroatoms. The van der Waals surface area contributed by atoms with Crippen LogP contribution in [0.1, 0.15) is 19.5 Å².